The van der Waals surface area contributed by atoms with Crippen LogP contribution >= 0.6 is 0 Å². The average molecular weight is 304 g/mol. The quantitative estimate of drug-likeness (QED) is 0.647. The van der Waals surface area contributed by atoms with Gasteiger partial charge in [0.2, 0.25) is 0 Å². The summed E-state index contributed by atoms with van der Waals surface area (Å²) in [6.45, 7) is 10.1. The second-order valence-electron chi connectivity index (χ2n) is 6.56. The number of anilines is 1. The zero-order valence-corrected chi connectivity index (χ0v) is 14.0. The number of ketones is 1. The summed E-state index contributed by atoms with van der Waals surface area (Å²) < 4.78 is 5.41. The zero-order chi connectivity index (χ0) is 16.1. The first kappa shape index (κ1) is 16.8. The highest BCUT2D eigenvalue weighted by Crippen LogP contribution is 2.24. The molecule has 1 fully saturated rings. The van der Waals surface area contributed by atoms with Crippen molar-refractivity contribution >= 4 is 11.5 Å². The Labute approximate surface area is 133 Å². The summed E-state index contributed by atoms with van der Waals surface area (Å²) in [5, 5.41) is 0. The Morgan fingerprint density at radius 2 is 2.00 bits per heavy atom. The van der Waals surface area contributed by atoms with Gasteiger partial charge in [-0.15, -0.1) is 0 Å². The number of nitrogens with zero attached hydrogens (tertiary/aromatic N) is 1. The Morgan fingerprint density at radius 1 is 1.32 bits per heavy atom. The number of piperidine rings is 1. The molecule has 1 aromatic rings. The normalized spacial score (nSPS) is 22.5. The number of carbonyl (C=O) groups excluding carboxylic acids is 1. The molecule has 0 amide bonds. The van der Waals surface area contributed by atoms with Crippen molar-refractivity contribution in [1.29, 1.82) is 0 Å². The molecule has 4 nitrogen and oxygen atoms in total. The van der Waals surface area contributed by atoms with Gasteiger partial charge >= 0.3 is 0 Å². The SMILES string of the molecule is CCOc1ccc(C(=O)CCN2CC(C)CC(C)C2)cc1N. The maximum Gasteiger partial charge on any atom is 0.164 e. The van der Waals surface area contributed by atoms with Crippen LogP contribution < -0.4 is 10.5 Å². The monoisotopic (exact) mass is 304 g/mol. The lowest BCUT2D eigenvalue weighted by Gasteiger charge is -2.34. The second kappa shape index (κ2) is 7.63. The summed E-state index contributed by atoms with van der Waals surface area (Å²) in [4.78, 5) is 14.8. The van der Waals surface area contributed by atoms with Crippen LogP contribution in [0.3, 0.4) is 0 Å². The molecule has 0 radical (unpaired) electrons. The van der Waals surface area contributed by atoms with E-state index >= 15 is 0 Å². The molecule has 1 heterocycles. The van der Waals surface area contributed by atoms with Crippen molar-refractivity contribution in [1.82, 2.24) is 4.90 Å². The minimum Gasteiger partial charge on any atom is -0.492 e. The highest BCUT2D eigenvalue weighted by molar-refractivity contribution is 5.97. The first-order valence-corrected chi connectivity index (χ1v) is 8.27. The maximum atomic E-state index is 12.3. The van der Waals surface area contributed by atoms with Crippen molar-refractivity contribution in [2.24, 2.45) is 11.8 Å². The smallest absolute Gasteiger partial charge is 0.164 e. The van der Waals surface area contributed by atoms with Crippen LogP contribution in [-0.4, -0.2) is 36.9 Å². The van der Waals surface area contributed by atoms with Crippen molar-refractivity contribution in [3.63, 3.8) is 0 Å². The van der Waals surface area contributed by atoms with Gasteiger partial charge in [-0.25, -0.2) is 0 Å². The van der Waals surface area contributed by atoms with Crippen LogP contribution in [-0.2, 0) is 0 Å². The van der Waals surface area contributed by atoms with Gasteiger partial charge in [0.05, 0.1) is 12.3 Å². The number of nitrogens with two attached hydrogens (primary N) is 1. The van der Waals surface area contributed by atoms with E-state index in [0.717, 1.165) is 31.5 Å². The summed E-state index contributed by atoms with van der Waals surface area (Å²) >= 11 is 0. The summed E-state index contributed by atoms with van der Waals surface area (Å²) in [7, 11) is 0. The average Bonchev–Trinajstić information content (AvgIpc) is 2.46. The Kier molecular flexibility index (Phi) is 5.83. The molecular formula is C18H28N2O2. The second-order valence-corrected chi connectivity index (χ2v) is 6.56. The molecule has 1 aromatic carbocycles. The summed E-state index contributed by atoms with van der Waals surface area (Å²) in [6, 6.07) is 5.33. The van der Waals surface area contributed by atoms with Crippen LogP contribution in [0.25, 0.3) is 0 Å². The van der Waals surface area contributed by atoms with E-state index in [1.54, 1.807) is 12.1 Å². The Hall–Kier alpha value is -1.55. The van der Waals surface area contributed by atoms with E-state index < -0.39 is 0 Å². The Morgan fingerprint density at radius 3 is 2.59 bits per heavy atom. The predicted molar refractivity (Wildman–Crippen MR) is 90.4 cm³/mol. The van der Waals surface area contributed by atoms with Gasteiger partial charge in [-0.3, -0.25) is 4.79 Å². The molecule has 1 aliphatic heterocycles. The minimum absolute atomic E-state index is 0.153. The third kappa shape index (κ3) is 4.47. The molecule has 0 bridgehead atoms. The number of nitrogen functional groups attached to an aromatic ring is 1. The predicted octanol–water partition coefficient (Wildman–Crippen LogP) is 3.22. The number of hydrogen-bond donors (Lipinski definition) is 1. The first-order valence-electron chi connectivity index (χ1n) is 8.27. The van der Waals surface area contributed by atoms with Crippen LogP contribution in [0.4, 0.5) is 5.69 Å². The van der Waals surface area contributed by atoms with Crippen LogP contribution in [0.5, 0.6) is 5.75 Å². The standard InChI is InChI=1S/C18H28N2O2/c1-4-22-18-6-5-15(10-16(18)19)17(21)7-8-20-11-13(2)9-14(3)12-20/h5-6,10,13-14H,4,7-9,11-12,19H2,1-3H3. The van der Waals surface area contributed by atoms with Gasteiger partial charge in [-0.2, -0.15) is 0 Å². The van der Waals surface area contributed by atoms with E-state index in [2.05, 4.69) is 18.7 Å². The lowest BCUT2D eigenvalue weighted by molar-refractivity contribution is 0.0926. The molecule has 0 aliphatic carbocycles. The fourth-order valence-corrected chi connectivity index (χ4v) is 3.39. The van der Waals surface area contributed by atoms with Crippen LogP contribution in [0.1, 0.15) is 44.0 Å². The highest BCUT2D eigenvalue weighted by atomic mass is 16.5. The summed E-state index contributed by atoms with van der Waals surface area (Å²) in [5.74, 6) is 2.25. The summed E-state index contributed by atoms with van der Waals surface area (Å²) in [6.07, 6.45) is 1.84. The maximum absolute atomic E-state index is 12.3. The number of Topliss-reactive ketones (excluding diaryl/α,β-unsaturated/α-hetero) is 1. The molecule has 122 valence electrons. The van der Waals surface area contributed by atoms with Gasteiger partial charge < -0.3 is 15.4 Å². The van der Waals surface area contributed by atoms with E-state index in [-0.39, 0.29) is 5.78 Å². The largest absolute Gasteiger partial charge is 0.492 e. The third-order valence-electron chi connectivity index (χ3n) is 4.23. The van der Waals surface area contributed by atoms with Crippen molar-refractivity contribution in [2.75, 3.05) is 32.0 Å². The fraction of sp³-hybridized carbons (Fsp3) is 0.611. The molecule has 2 rings (SSSR count). The van der Waals surface area contributed by atoms with E-state index in [9.17, 15) is 4.79 Å². The van der Waals surface area contributed by atoms with Crippen molar-refractivity contribution in [2.45, 2.75) is 33.6 Å². The topological polar surface area (TPSA) is 55.6 Å². The van der Waals surface area contributed by atoms with E-state index in [1.165, 1.54) is 6.42 Å². The molecule has 2 unspecified atom stereocenters. The van der Waals surface area contributed by atoms with Gasteiger partial charge in [0.25, 0.3) is 0 Å². The molecule has 0 aromatic heterocycles. The molecule has 22 heavy (non-hydrogen) atoms. The van der Waals surface area contributed by atoms with Gasteiger partial charge in [-0.1, -0.05) is 13.8 Å². The number of likely N-dealkylation sites (tertiary alicyclic amines) is 1. The molecular weight excluding hydrogens is 276 g/mol. The Bertz CT molecular complexity index is 506. The molecule has 0 spiro atoms. The van der Waals surface area contributed by atoms with Crippen molar-refractivity contribution < 1.29 is 9.53 Å². The number of benzene rings is 1. The molecule has 1 saturated heterocycles. The van der Waals surface area contributed by atoms with Gasteiger partial charge in [0.15, 0.2) is 5.78 Å². The lowest BCUT2D eigenvalue weighted by atomic mass is 9.91. The van der Waals surface area contributed by atoms with Crippen molar-refractivity contribution in [3.8, 4) is 5.75 Å². The third-order valence-corrected chi connectivity index (χ3v) is 4.23. The molecule has 4 heteroatoms. The first-order chi connectivity index (χ1) is 10.5. The minimum atomic E-state index is 0.153. The van der Waals surface area contributed by atoms with Crippen LogP contribution in [0.15, 0.2) is 18.2 Å². The van der Waals surface area contributed by atoms with Gasteiger partial charge in [0.1, 0.15) is 5.75 Å². The van der Waals surface area contributed by atoms with Crippen LogP contribution in [0, 0.1) is 11.8 Å². The van der Waals surface area contributed by atoms with E-state index in [4.69, 9.17) is 10.5 Å². The highest BCUT2D eigenvalue weighted by Gasteiger charge is 2.22. The van der Waals surface area contributed by atoms with E-state index in [0.29, 0.717) is 30.0 Å². The number of hydrogen-bond acceptors (Lipinski definition) is 4. The van der Waals surface area contributed by atoms with E-state index in [1.807, 2.05) is 13.0 Å². The molecule has 2 atom stereocenters. The molecule has 0 saturated carbocycles. The summed E-state index contributed by atoms with van der Waals surface area (Å²) in [5.41, 5.74) is 7.15. The zero-order valence-electron chi connectivity index (χ0n) is 14.0. The van der Waals surface area contributed by atoms with Gasteiger partial charge in [-0.05, 0) is 43.4 Å². The Balaban J connectivity index is 1.90. The number of ether oxygens (including phenoxy) is 1. The molecule has 2 N–H and O–H groups in total. The lowest BCUT2D eigenvalue weighted by Crippen LogP contribution is -2.39. The van der Waals surface area contributed by atoms with Crippen LogP contribution in [0.2, 0.25) is 0 Å². The number of carbonyl (C=O) groups is 1. The number of rotatable bonds is 6. The molecule has 1 aliphatic rings. The van der Waals surface area contributed by atoms with Gasteiger partial charge in [0, 0.05) is 31.6 Å². The fourth-order valence-electron chi connectivity index (χ4n) is 3.39. The van der Waals surface area contributed by atoms with Crippen molar-refractivity contribution in [3.05, 3.63) is 23.8 Å².